The van der Waals surface area contributed by atoms with Crippen molar-refractivity contribution in [2.24, 2.45) is 0 Å². The van der Waals surface area contributed by atoms with Gasteiger partial charge < -0.3 is 9.88 Å². The van der Waals surface area contributed by atoms with Gasteiger partial charge >= 0.3 is 0 Å². The van der Waals surface area contributed by atoms with Gasteiger partial charge in [-0.15, -0.1) is 0 Å². The summed E-state index contributed by atoms with van der Waals surface area (Å²) in [5, 5.41) is 2.75. The summed E-state index contributed by atoms with van der Waals surface area (Å²) in [6.45, 7) is 4.36. The van der Waals surface area contributed by atoms with Gasteiger partial charge in [0.25, 0.3) is 0 Å². The van der Waals surface area contributed by atoms with Gasteiger partial charge in [0.1, 0.15) is 6.54 Å². The molecule has 0 aliphatic heterocycles. The number of hydrogen-bond acceptors (Lipinski definition) is 2. The number of benzene rings is 1. The molecule has 0 atom stereocenters. The van der Waals surface area contributed by atoms with Crippen molar-refractivity contribution < 1.29 is 4.79 Å². The van der Waals surface area contributed by atoms with Gasteiger partial charge in [-0.3, -0.25) is 4.79 Å². The van der Waals surface area contributed by atoms with E-state index in [1.54, 1.807) is 6.33 Å². The number of nitrogens with one attached hydrogen (secondary N) is 1. The molecule has 0 spiro atoms. The Labute approximate surface area is 107 Å². The topological polar surface area (TPSA) is 46.9 Å². The number of nitrogens with zero attached hydrogens (tertiary/aromatic N) is 2. The highest BCUT2D eigenvalue weighted by molar-refractivity contribution is 9.11. The van der Waals surface area contributed by atoms with E-state index in [1.807, 2.05) is 28.8 Å². The maximum atomic E-state index is 11.6. The molecule has 0 aliphatic rings. The predicted molar refractivity (Wildman–Crippen MR) is 70.8 cm³/mol. The molecule has 2 rings (SSSR count). The molecular weight excluding hydrogens is 282 g/mol. The minimum absolute atomic E-state index is 0.0613. The average molecular weight is 294 g/mol. The average Bonchev–Trinajstić information content (AvgIpc) is 2.70. The van der Waals surface area contributed by atoms with Gasteiger partial charge in [-0.2, -0.15) is 0 Å². The summed E-state index contributed by atoms with van der Waals surface area (Å²) in [6, 6.07) is 7.72. The van der Waals surface area contributed by atoms with E-state index in [4.69, 9.17) is 0 Å². The van der Waals surface area contributed by atoms with Crippen LogP contribution in [0.25, 0.3) is 11.0 Å². The van der Waals surface area contributed by atoms with Gasteiger partial charge in [-0.1, -0.05) is 34.6 Å². The van der Waals surface area contributed by atoms with Crippen LogP contribution in [0.2, 0.25) is 0 Å². The summed E-state index contributed by atoms with van der Waals surface area (Å²) in [5.41, 5.74) is 1.85. The first-order valence-electron chi connectivity index (χ1n) is 5.16. The fourth-order valence-electron chi connectivity index (χ4n) is 1.54. The zero-order chi connectivity index (χ0) is 12.3. The lowest BCUT2D eigenvalue weighted by molar-refractivity contribution is -0.121. The SMILES string of the molecule is C=C(Br)CNC(=O)Cn1cnc2ccccc21. The Balaban J connectivity index is 2.08. The van der Waals surface area contributed by atoms with Crippen molar-refractivity contribution in [2.45, 2.75) is 6.54 Å². The molecule has 0 aliphatic carbocycles. The van der Waals surface area contributed by atoms with Gasteiger partial charge in [-0.05, 0) is 12.1 Å². The summed E-state index contributed by atoms with van der Waals surface area (Å²) in [5.74, 6) is -0.0613. The molecule has 1 aromatic heterocycles. The maximum Gasteiger partial charge on any atom is 0.240 e. The molecule has 5 heteroatoms. The smallest absolute Gasteiger partial charge is 0.240 e. The fourth-order valence-corrected chi connectivity index (χ4v) is 1.68. The third-order valence-corrected chi connectivity index (χ3v) is 2.60. The van der Waals surface area contributed by atoms with E-state index < -0.39 is 0 Å². The van der Waals surface area contributed by atoms with Gasteiger partial charge in [-0.25, -0.2) is 4.98 Å². The number of fused-ring (bicyclic) bond motifs is 1. The fraction of sp³-hybridized carbons (Fsp3) is 0.167. The molecule has 1 heterocycles. The van der Waals surface area contributed by atoms with Crippen molar-refractivity contribution in [3.8, 4) is 0 Å². The van der Waals surface area contributed by atoms with E-state index in [1.165, 1.54) is 0 Å². The molecule has 1 amide bonds. The molecule has 0 bridgehead atoms. The zero-order valence-electron chi connectivity index (χ0n) is 9.19. The third-order valence-electron chi connectivity index (χ3n) is 2.32. The molecule has 88 valence electrons. The molecule has 1 aromatic carbocycles. The van der Waals surface area contributed by atoms with Gasteiger partial charge in [0, 0.05) is 11.0 Å². The Morgan fingerprint density at radius 2 is 2.24 bits per heavy atom. The number of para-hydroxylation sites is 2. The lowest BCUT2D eigenvalue weighted by Gasteiger charge is -2.05. The molecule has 0 fully saturated rings. The van der Waals surface area contributed by atoms with Crippen molar-refractivity contribution >= 4 is 32.9 Å². The van der Waals surface area contributed by atoms with Gasteiger partial charge in [0.2, 0.25) is 5.91 Å². The Kier molecular flexibility index (Phi) is 3.58. The zero-order valence-corrected chi connectivity index (χ0v) is 10.8. The Morgan fingerprint density at radius 3 is 3.00 bits per heavy atom. The summed E-state index contributed by atoms with van der Waals surface area (Å²) in [4.78, 5) is 15.9. The van der Waals surface area contributed by atoms with Crippen LogP contribution in [0.3, 0.4) is 0 Å². The van der Waals surface area contributed by atoms with Crippen molar-refractivity contribution in [3.05, 3.63) is 41.7 Å². The summed E-state index contributed by atoms with van der Waals surface area (Å²) in [7, 11) is 0. The lowest BCUT2D eigenvalue weighted by Crippen LogP contribution is -2.28. The Hall–Kier alpha value is -1.62. The van der Waals surface area contributed by atoms with E-state index in [2.05, 4.69) is 32.8 Å². The second-order valence-electron chi connectivity index (χ2n) is 3.66. The van der Waals surface area contributed by atoms with E-state index in [0.29, 0.717) is 6.54 Å². The first-order chi connectivity index (χ1) is 8.16. The van der Waals surface area contributed by atoms with Crippen molar-refractivity contribution in [1.82, 2.24) is 14.9 Å². The quantitative estimate of drug-likeness (QED) is 0.938. The number of carbonyl (C=O) groups is 1. The molecule has 2 aromatic rings. The van der Waals surface area contributed by atoms with Crippen LogP contribution in [0, 0.1) is 0 Å². The van der Waals surface area contributed by atoms with Crippen molar-refractivity contribution in [1.29, 1.82) is 0 Å². The molecule has 0 saturated heterocycles. The second kappa shape index (κ2) is 5.14. The number of halogens is 1. The highest BCUT2D eigenvalue weighted by Gasteiger charge is 2.06. The molecule has 0 unspecified atom stereocenters. The van der Waals surface area contributed by atoms with E-state index in [0.717, 1.165) is 15.5 Å². The first-order valence-corrected chi connectivity index (χ1v) is 5.96. The Morgan fingerprint density at radius 1 is 1.47 bits per heavy atom. The number of hydrogen-bond donors (Lipinski definition) is 1. The number of aromatic nitrogens is 2. The van der Waals surface area contributed by atoms with Crippen molar-refractivity contribution in [3.63, 3.8) is 0 Å². The second-order valence-corrected chi connectivity index (χ2v) is 4.78. The van der Waals surface area contributed by atoms with E-state index >= 15 is 0 Å². The number of amides is 1. The molecule has 17 heavy (non-hydrogen) atoms. The minimum atomic E-state index is -0.0613. The van der Waals surface area contributed by atoms with Crippen LogP contribution in [-0.4, -0.2) is 22.0 Å². The van der Waals surface area contributed by atoms with Crippen LogP contribution in [0.15, 0.2) is 41.7 Å². The molecule has 0 radical (unpaired) electrons. The van der Waals surface area contributed by atoms with Crippen LogP contribution >= 0.6 is 15.9 Å². The molecular formula is C12H12BrN3O. The Bertz CT molecular complexity index is 562. The number of rotatable bonds is 4. The largest absolute Gasteiger partial charge is 0.350 e. The van der Waals surface area contributed by atoms with Crippen molar-refractivity contribution in [2.75, 3.05) is 6.54 Å². The summed E-state index contributed by atoms with van der Waals surface area (Å²) >= 11 is 3.19. The van der Waals surface area contributed by atoms with Gasteiger partial charge in [0.05, 0.1) is 17.4 Å². The van der Waals surface area contributed by atoms with Crippen LogP contribution in [-0.2, 0) is 11.3 Å². The predicted octanol–water partition coefficient (Wildman–Crippen LogP) is 2.06. The normalized spacial score (nSPS) is 10.4. The lowest BCUT2D eigenvalue weighted by atomic mass is 10.3. The molecule has 1 N–H and O–H groups in total. The molecule has 0 saturated carbocycles. The summed E-state index contributed by atoms with van der Waals surface area (Å²) < 4.78 is 2.57. The van der Waals surface area contributed by atoms with E-state index in [9.17, 15) is 4.79 Å². The van der Waals surface area contributed by atoms with E-state index in [-0.39, 0.29) is 12.5 Å². The number of carbonyl (C=O) groups excluding carboxylic acids is 1. The maximum absolute atomic E-state index is 11.6. The van der Waals surface area contributed by atoms with Crippen LogP contribution < -0.4 is 5.32 Å². The highest BCUT2D eigenvalue weighted by atomic mass is 79.9. The van der Waals surface area contributed by atoms with Crippen LogP contribution in [0.5, 0.6) is 0 Å². The summed E-state index contributed by atoms with van der Waals surface area (Å²) in [6.07, 6.45) is 1.67. The number of imidazole rings is 1. The van der Waals surface area contributed by atoms with Crippen LogP contribution in [0.1, 0.15) is 0 Å². The molecule has 4 nitrogen and oxygen atoms in total. The monoisotopic (exact) mass is 293 g/mol. The van der Waals surface area contributed by atoms with Crippen LogP contribution in [0.4, 0.5) is 0 Å². The van der Waals surface area contributed by atoms with Gasteiger partial charge in [0.15, 0.2) is 0 Å². The minimum Gasteiger partial charge on any atom is -0.350 e. The first kappa shape index (κ1) is 11.9. The third kappa shape index (κ3) is 2.94. The standard InChI is InChI=1S/C12H12BrN3O/c1-9(13)6-14-12(17)7-16-8-15-10-4-2-3-5-11(10)16/h2-5,8H,1,6-7H2,(H,14,17). The highest BCUT2D eigenvalue weighted by Crippen LogP contribution is 2.11.